The Balaban J connectivity index is 0.00000112. The Hall–Kier alpha value is 0.110. The van der Waals surface area contributed by atoms with Gasteiger partial charge in [0.1, 0.15) is 0 Å². The second-order valence-corrected chi connectivity index (χ2v) is 4.70. The van der Waals surface area contributed by atoms with Crippen LogP contribution >= 0.6 is 12.4 Å². The highest BCUT2D eigenvalue weighted by atomic mass is 35.5. The minimum atomic E-state index is -2.41. The van der Waals surface area contributed by atoms with E-state index in [0.717, 1.165) is 38.6 Å². The zero-order valence-corrected chi connectivity index (χ0v) is 9.79. The minimum absolute atomic E-state index is 0. The molecular formula is C11H20ClF2N. The number of hydrogen-bond donors (Lipinski definition) is 1. The fraction of sp³-hybridized carbons (Fsp3) is 1.00. The first-order chi connectivity index (χ1) is 6.71. The molecule has 0 aromatic heterocycles. The summed E-state index contributed by atoms with van der Waals surface area (Å²) in [6.45, 7) is 1.29. The second-order valence-electron chi connectivity index (χ2n) is 4.70. The summed E-state index contributed by atoms with van der Waals surface area (Å²) in [5.41, 5.74) is 0. The minimum Gasteiger partial charge on any atom is -0.316 e. The first-order valence-corrected chi connectivity index (χ1v) is 5.80. The van der Waals surface area contributed by atoms with Crippen LogP contribution in [-0.4, -0.2) is 19.0 Å². The molecule has 1 atom stereocenters. The molecule has 1 saturated carbocycles. The molecule has 1 saturated heterocycles. The number of hydrogen-bond acceptors (Lipinski definition) is 1. The van der Waals surface area contributed by atoms with Crippen molar-refractivity contribution in [2.75, 3.05) is 13.1 Å². The third-order valence-corrected chi connectivity index (χ3v) is 3.75. The van der Waals surface area contributed by atoms with E-state index in [1.54, 1.807) is 0 Å². The topological polar surface area (TPSA) is 12.0 Å². The number of alkyl halides is 2. The normalized spacial score (nSPS) is 28.8. The first-order valence-electron chi connectivity index (χ1n) is 5.80. The van der Waals surface area contributed by atoms with E-state index >= 15 is 0 Å². The van der Waals surface area contributed by atoms with Gasteiger partial charge < -0.3 is 5.32 Å². The zero-order chi connectivity index (χ0) is 10.0. The van der Waals surface area contributed by atoms with Gasteiger partial charge in [-0.15, -0.1) is 12.4 Å². The fourth-order valence-corrected chi connectivity index (χ4v) is 2.80. The van der Waals surface area contributed by atoms with Gasteiger partial charge in [-0.1, -0.05) is 19.3 Å². The first kappa shape index (κ1) is 13.2. The van der Waals surface area contributed by atoms with Crippen molar-refractivity contribution in [3.8, 4) is 0 Å². The van der Waals surface area contributed by atoms with E-state index in [1.165, 1.54) is 0 Å². The molecule has 0 bridgehead atoms. The second kappa shape index (κ2) is 5.44. The Morgan fingerprint density at radius 3 is 2.13 bits per heavy atom. The van der Waals surface area contributed by atoms with Gasteiger partial charge in [-0.05, 0) is 25.8 Å². The van der Waals surface area contributed by atoms with E-state index in [0.29, 0.717) is 13.0 Å². The van der Waals surface area contributed by atoms with Crippen molar-refractivity contribution in [2.24, 2.45) is 11.8 Å². The van der Waals surface area contributed by atoms with E-state index in [2.05, 4.69) is 5.32 Å². The van der Waals surface area contributed by atoms with Gasteiger partial charge in [0.2, 0.25) is 0 Å². The van der Waals surface area contributed by atoms with E-state index in [1.807, 2.05) is 0 Å². The summed E-state index contributed by atoms with van der Waals surface area (Å²) in [6, 6.07) is 0. The quantitative estimate of drug-likeness (QED) is 0.780. The van der Waals surface area contributed by atoms with Gasteiger partial charge in [0.15, 0.2) is 0 Å². The van der Waals surface area contributed by atoms with Crippen molar-refractivity contribution in [3.63, 3.8) is 0 Å². The van der Waals surface area contributed by atoms with Crippen molar-refractivity contribution in [2.45, 2.75) is 44.4 Å². The third-order valence-electron chi connectivity index (χ3n) is 3.75. The standard InChI is InChI=1S/C11H19F2N.ClH/c12-11(13,10-6-7-14-8-10)9-4-2-1-3-5-9;/h9-10,14H,1-8H2;1H. The molecule has 2 aliphatic rings. The maximum absolute atomic E-state index is 14.0. The summed E-state index contributed by atoms with van der Waals surface area (Å²) >= 11 is 0. The molecule has 1 aliphatic heterocycles. The number of rotatable bonds is 2. The highest BCUT2D eigenvalue weighted by molar-refractivity contribution is 5.85. The van der Waals surface area contributed by atoms with Gasteiger partial charge in [0.25, 0.3) is 5.92 Å². The summed E-state index contributed by atoms with van der Waals surface area (Å²) < 4.78 is 27.9. The average molecular weight is 240 g/mol. The largest absolute Gasteiger partial charge is 0.316 e. The molecule has 0 radical (unpaired) electrons. The third kappa shape index (κ3) is 2.82. The fourth-order valence-electron chi connectivity index (χ4n) is 2.80. The molecule has 0 amide bonds. The predicted molar refractivity (Wildman–Crippen MR) is 59.7 cm³/mol. The van der Waals surface area contributed by atoms with Gasteiger partial charge in [0, 0.05) is 18.4 Å². The summed E-state index contributed by atoms with van der Waals surface area (Å²) in [7, 11) is 0. The van der Waals surface area contributed by atoms with E-state index in [4.69, 9.17) is 0 Å². The highest BCUT2D eigenvalue weighted by Crippen LogP contribution is 2.43. The van der Waals surface area contributed by atoms with Gasteiger partial charge >= 0.3 is 0 Å². The Kier molecular flexibility index (Phi) is 4.78. The molecule has 2 fully saturated rings. The lowest BCUT2D eigenvalue weighted by atomic mass is 9.79. The van der Waals surface area contributed by atoms with Crippen molar-refractivity contribution < 1.29 is 8.78 Å². The Labute approximate surface area is 96.4 Å². The van der Waals surface area contributed by atoms with Crippen LogP contribution in [0.2, 0.25) is 0 Å². The van der Waals surface area contributed by atoms with Crippen LogP contribution in [0, 0.1) is 11.8 Å². The average Bonchev–Trinajstić information content (AvgIpc) is 2.72. The number of halogens is 3. The zero-order valence-electron chi connectivity index (χ0n) is 8.98. The van der Waals surface area contributed by atoms with Crippen molar-refractivity contribution >= 4 is 12.4 Å². The van der Waals surface area contributed by atoms with Crippen LogP contribution in [-0.2, 0) is 0 Å². The van der Waals surface area contributed by atoms with Crippen molar-refractivity contribution in [1.29, 1.82) is 0 Å². The molecule has 2 rings (SSSR count). The summed E-state index contributed by atoms with van der Waals surface area (Å²) in [5.74, 6) is -3.14. The molecule has 1 aliphatic carbocycles. The van der Waals surface area contributed by atoms with Gasteiger partial charge in [-0.3, -0.25) is 0 Å². The molecule has 0 aromatic rings. The van der Waals surface area contributed by atoms with E-state index < -0.39 is 11.8 Å². The molecule has 90 valence electrons. The molecule has 1 nitrogen and oxygen atoms in total. The summed E-state index contributed by atoms with van der Waals surface area (Å²) in [6.07, 6.45) is 5.28. The van der Waals surface area contributed by atoms with Gasteiger partial charge in [0.05, 0.1) is 0 Å². The van der Waals surface area contributed by atoms with E-state index in [9.17, 15) is 8.78 Å². The Bertz CT molecular complexity index is 187. The molecule has 4 heteroatoms. The van der Waals surface area contributed by atoms with Crippen LogP contribution in [0.1, 0.15) is 38.5 Å². The van der Waals surface area contributed by atoms with Crippen LogP contribution < -0.4 is 5.32 Å². The van der Waals surface area contributed by atoms with Gasteiger partial charge in [-0.2, -0.15) is 0 Å². The molecule has 1 N–H and O–H groups in total. The van der Waals surface area contributed by atoms with Crippen LogP contribution in [0.25, 0.3) is 0 Å². The van der Waals surface area contributed by atoms with Crippen molar-refractivity contribution in [1.82, 2.24) is 5.32 Å². The highest BCUT2D eigenvalue weighted by Gasteiger charge is 2.47. The smallest absolute Gasteiger partial charge is 0.254 e. The monoisotopic (exact) mass is 239 g/mol. The lowest BCUT2D eigenvalue weighted by Gasteiger charge is -2.33. The number of nitrogens with one attached hydrogen (secondary N) is 1. The van der Waals surface area contributed by atoms with E-state index in [-0.39, 0.29) is 18.3 Å². The summed E-state index contributed by atoms with van der Waals surface area (Å²) in [4.78, 5) is 0. The molecule has 15 heavy (non-hydrogen) atoms. The predicted octanol–water partition coefficient (Wildman–Crippen LogP) is 3.23. The Morgan fingerprint density at radius 1 is 0.933 bits per heavy atom. The van der Waals surface area contributed by atoms with Crippen LogP contribution in [0.3, 0.4) is 0 Å². The maximum Gasteiger partial charge on any atom is 0.254 e. The molecule has 0 aromatic carbocycles. The molecule has 1 heterocycles. The lowest BCUT2D eigenvalue weighted by molar-refractivity contribution is -0.113. The SMILES string of the molecule is Cl.FC(F)(C1CCCCC1)C1CCNC1. The van der Waals surface area contributed by atoms with Crippen molar-refractivity contribution in [3.05, 3.63) is 0 Å². The van der Waals surface area contributed by atoms with Crippen LogP contribution in [0.15, 0.2) is 0 Å². The molecule has 1 unspecified atom stereocenters. The van der Waals surface area contributed by atoms with Crippen LogP contribution in [0.5, 0.6) is 0 Å². The molecular weight excluding hydrogens is 220 g/mol. The van der Waals surface area contributed by atoms with Crippen LogP contribution in [0.4, 0.5) is 8.78 Å². The summed E-state index contributed by atoms with van der Waals surface area (Å²) in [5, 5.41) is 3.04. The maximum atomic E-state index is 14.0. The Morgan fingerprint density at radius 2 is 1.60 bits per heavy atom. The lowest BCUT2D eigenvalue weighted by Crippen LogP contribution is -2.38. The molecule has 0 spiro atoms. The van der Waals surface area contributed by atoms with Gasteiger partial charge in [-0.25, -0.2) is 8.78 Å².